The van der Waals surface area contributed by atoms with Crippen LogP contribution in [-0.4, -0.2) is 16.7 Å². The van der Waals surface area contributed by atoms with Crippen LogP contribution in [0.2, 0.25) is 0 Å². The fraction of sp³-hybridized carbons (Fsp3) is 0.778. The van der Waals surface area contributed by atoms with Crippen LogP contribution in [0.4, 0.5) is 0 Å². The number of hydrogen-bond acceptors (Lipinski definition) is 3. The Morgan fingerprint density at radius 1 is 1.00 bits per heavy atom. The highest BCUT2D eigenvalue weighted by molar-refractivity contribution is 6.39. The van der Waals surface area contributed by atoms with Crippen molar-refractivity contribution in [3.8, 4) is 0 Å². The number of hydrogen-bond donors (Lipinski definition) is 1. The normalized spacial score (nSPS) is 24.7. The number of carbonyl (C=O) groups excluding carboxylic acids is 1. The van der Waals surface area contributed by atoms with E-state index < -0.39 is 0 Å². The molecule has 1 N–H and O–H groups in total. The first kappa shape index (κ1) is 9.23. The van der Waals surface area contributed by atoms with Crippen molar-refractivity contribution in [3.05, 3.63) is 0 Å². The third kappa shape index (κ3) is 2.64. The Bertz CT molecular complexity index is 187. The van der Waals surface area contributed by atoms with E-state index in [2.05, 4.69) is 5.16 Å². The molecule has 0 spiro atoms. The van der Waals surface area contributed by atoms with Gasteiger partial charge in [0.1, 0.15) is 5.71 Å². The van der Waals surface area contributed by atoms with E-state index in [9.17, 15) is 4.79 Å². The molecule has 0 unspecified atom stereocenters. The van der Waals surface area contributed by atoms with Crippen molar-refractivity contribution < 1.29 is 10.0 Å². The molecule has 1 fully saturated rings. The highest BCUT2D eigenvalue weighted by atomic mass is 16.4. The van der Waals surface area contributed by atoms with Gasteiger partial charge in [-0.1, -0.05) is 24.4 Å². The fourth-order valence-electron chi connectivity index (χ4n) is 1.50. The van der Waals surface area contributed by atoms with E-state index in [1.165, 1.54) is 6.42 Å². The Hall–Kier alpha value is -0.860. The van der Waals surface area contributed by atoms with E-state index in [-0.39, 0.29) is 5.78 Å². The van der Waals surface area contributed by atoms with Crippen molar-refractivity contribution in [3.63, 3.8) is 0 Å². The third-order valence-corrected chi connectivity index (χ3v) is 2.26. The average molecular weight is 169 g/mol. The molecule has 1 saturated carbocycles. The topological polar surface area (TPSA) is 49.7 Å². The fourth-order valence-corrected chi connectivity index (χ4v) is 1.50. The lowest BCUT2D eigenvalue weighted by atomic mass is 10.1. The number of ketones is 1. The van der Waals surface area contributed by atoms with Gasteiger partial charge in [-0.05, 0) is 19.3 Å². The van der Waals surface area contributed by atoms with Crippen LogP contribution in [0.25, 0.3) is 0 Å². The molecule has 0 heterocycles. The zero-order valence-electron chi connectivity index (χ0n) is 7.25. The van der Waals surface area contributed by atoms with Crippen LogP contribution >= 0.6 is 0 Å². The molecule has 1 aliphatic rings. The van der Waals surface area contributed by atoms with Crippen molar-refractivity contribution in [2.45, 2.75) is 44.9 Å². The van der Waals surface area contributed by atoms with Crippen LogP contribution < -0.4 is 0 Å². The molecule has 3 heteroatoms. The molecule has 1 aliphatic carbocycles. The maximum atomic E-state index is 11.3. The van der Waals surface area contributed by atoms with Crippen LogP contribution in [0.15, 0.2) is 5.16 Å². The molecule has 0 aromatic rings. The summed E-state index contributed by atoms with van der Waals surface area (Å²) in [5.41, 5.74) is 0.372. The minimum absolute atomic E-state index is 0.0272. The van der Waals surface area contributed by atoms with Gasteiger partial charge in [-0.2, -0.15) is 0 Å². The van der Waals surface area contributed by atoms with E-state index >= 15 is 0 Å². The lowest BCUT2D eigenvalue weighted by molar-refractivity contribution is -0.113. The summed E-state index contributed by atoms with van der Waals surface area (Å²) in [6.07, 6.45) is 6.60. The summed E-state index contributed by atoms with van der Waals surface area (Å²) in [5.74, 6) is 0.0272. The second-order valence-corrected chi connectivity index (χ2v) is 3.24. The Kier molecular flexibility index (Phi) is 3.77. The Labute approximate surface area is 72.5 Å². The van der Waals surface area contributed by atoms with Gasteiger partial charge in [0.15, 0.2) is 5.78 Å². The lowest BCUT2D eigenvalue weighted by Crippen LogP contribution is -2.13. The first-order chi connectivity index (χ1) is 5.84. The predicted octanol–water partition coefficient (Wildman–Crippen LogP) is 2.13. The number of rotatable bonds is 0. The third-order valence-electron chi connectivity index (χ3n) is 2.26. The molecular weight excluding hydrogens is 154 g/mol. The molecule has 3 nitrogen and oxygen atoms in total. The SMILES string of the molecule is O=C1CCCCCCCC1=NO. The molecule has 68 valence electrons. The Morgan fingerprint density at radius 3 is 2.25 bits per heavy atom. The van der Waals surface area contributed by atoms with Gasteiger partial charge >= 0.3 is 0 Å². The quantitative estimate of drug-likeness (QED) is 0.446. The van der Waals surface area contributed by atoms with Crippen molar-refractivity contribution in [2.24, 2.45) is 5.16 Å². The van der Waals surface area contributed by atoms with E-state index in [1.54, 1.807) is 0 Å². The Morgan fingerprint density at radius 2 is 1.58 bits per heavy atom. The molecule has 0 aromatic heterocycles. The van der Waals surface area contributed by atoms with Gasteiger partial charge < -0.3 is 5.21 Å². The van der Waals surface area contributed by atoms with Crippen LogP contribution in [-0.2, 0) is 4.79 Å². The first-order valence-corrected chi connectivity index (χ1v) is 4.58. The molecule has 0 aliphatic heterocycles. The maximum absolute atomic E-state index is 11.3. The highest BCUT2D eigenvalue weighted by Gasteiger charge is 2.12. The molecular formula is C9H15NO2. The highest BCUT2D eigenvalue weighted by Crippen LogP contribution is 2.12. The van der Waals surface area contributed by atoms with Crippen LogP contribution in [0.3, 0.4) is 0 Å². The summed E-state index contributed by atoms with van der Waals surface area (Å²) in [7, 11) is 0. The van der Waals surface area contributed by atoms with Gasteiger partial charge in [-0.3, -0.25) is 4.79 Å². The Balaban J connectivity index is 2.53. The first-order valence-electron chi connectivity index (χ1n) is 4.58. The summed E-state index contributed by atoms with van der Waals surface area (Å²) in [4.78, 5) is 11.3. The zero-order chi connectivity index (χ0) is 8.81. The van der Waals surface area contributed by atoms with Crippen LogP contribution in [0.5, 0.6) is 0 Å². The minimum Gasteiger partial charge on any atom is -0.411 e. The average Bonchev–Trinajstić information content (AvgIpc) is 2.17. The molecule has 0 atom stereocenters. The number of Topliss-reactive ketones (excluding diaryl/α,β-unsaturated/α-hetero) is 1. The van der Waals surface area contributed by atoms with Crippen molar-refractivity contribution >= 4 is 11.5 Å². The molecule has 12 heavy (non-hydrogen) atoms. The number of carbonyl (C=O) groups is 1. The number of oxime groups is 1. The summed E-state index contributed by atoms with van der Waals surface area (Å²) >= 11 is 0. The van der Waals surface area contributed by atoms with Gasteiger partial charge in [-0.25, -0.2) is 0 Å². The minimum atomic E-state index is 0.0272. The van der Waals surface area contributed by atoms with Gasteiger partial charge in [0.05, 0.1) is 0 Å². The van der Waals surface area contributed by atoms with Gasteiger partial charge in [0.25, 0.3) is 0 Å². The van der Waals surface area contributed by atoms with E-state index in [0.717, 1.165) is 25.7 Å². The largest absolute Gasteiger partial charge is 0.411 e. The van der Waals surface area contributed by atoms with Gasteiger partial charge in [-0.15, -0.1) is 0 Å². The predicted molar refractivity (Wildman–Crippen MR) is 46.5 cm³/mol. The standard InChI is InChI=1S/C9H15NO2/c11-9-7-5-3-1-2-4-6-8(9)10-12/h12H,1-7H2. The molecule has 0 aromatic carbocycles. The molecule has 0 bridgehead atoms. The molecule has 1 rings (SSSR count). The summed E-state index contributed by atoms with van der Waals surface area (Å²) in [6, 6.07) is 0. The molecule has 0 saturated heterocycles. The van der Waals surface area contributed by atoms with Gasteiger partial charge in [0, 0.05) is 6.42 Å². The van der Waals surface area contributed by atoms with Crippen LogP contribution in [0, 0.1) is 0 Å². The summed E-state index contributed by atoms with van der Waals surface area (Å²) < 4.78 is 0. The summed E-state index contributed by atoms with van der Waals surface area (Å²) in [6.45, 7) is 0. The van der Waals surface area contributed by atoms with E-state index in [4.69, 9.17) is 5.21 Å². The zero-order valence-corrected chi connectivity index (χ0v) is 7.25. The monoisotopic (exact) mass is 169 g/mol. The molecule has 0 amide bonds. The van der Waals surface area contributed by atoms with Gasteiger partial charge in [0.2, 0.25) is 0 Å². The number of nitrogens with zero attached hydrogens (tertiary/aromatic N) is 1. The van der Waals surface area contributed by atoms with E-state index in [1.807, 2.05) is 0 Å². The lowest BCUT2D eigenvalue weighted by Gasteiger charge is -1.98. The molecule has 0 radical (unpaired) electrons. The second kappa shape index (κ2) is 4.91. The smallest absolute Gasteiger partial charge is 0.180 e. The summed E-state index contributed by atoms with van der Waals surface area (Å²) in [5, 5.41) is 11.6. The van der Waals surface area contributed by atoms with Crippen molar-refractivity contribution in [1.29, 1.82) is 0 Å². The second-order valence-electron chi connectivity index (χ2n) is 3.24. The van der Waals surface area contributed by atoms with Crippen LogP contribution in [0.1, 0.15) is 44.9 Å². The maximum Gasteiger partial charge on any atom is 0.180 e. The van der Waals surface area contributed by atoms with E-state index in [0.29, 0.717) is 18.6 Å². The van der Waals surface area contributed by atoms with Crippen molar-refractivity contribution in [1.82, 2.24) is 0 Å². The van der Waals surface area contributed by atoms with Crippen molar-refractivity contribution in [2.75, 3.05) is 0 Å².